The SMILES string of the molecule is CN1CCC(F)(c2ccc(O)cc2)CC1. The monoisotopic (exact) mass is 209 g/mol. The van der Waals surface area contributed by atoms with E-state index in [4.69, 9.17) is 5.11 Å². The van der Waals surface area contributed by atoms with Crippen LogP contribution in [0.5, 0.6) is 5.75 Å². The lowest BCUT2D eigenvalue weighted by atomic mass is 9.86. The normalized spacial score (nSPS) is 21.5. The van der Waals surface area contributed by atoms with E-state index in [-0.39, 0.29) is 5.75 Å². The van der Waals surface area contributed by atoms with E-state index >= 15 is 0 Å². The topological polar surface area (TPSA) is 23.5 Å². The molecule has 1 N–H and O–H groups in total. The quantitative estimate of drug-likeness (QED) is 0.767. The standard InChI is InChI=1S/C12H16FNO/c1-14-8-6-12(13,7-9-14)10-2-4-11(15)5-3-10/h2-5,15H,6-9H2,1H3. The number of likely N-dealkylation sites (tertiary alicyclic amines) is 1. The Morgan fingerprint density at radius 2 is 1.73 bits per heavy atom. The van der Waals surface area contributed by atoms with Crippen LogP contribution in [0.3, 0.4) is 0 Å². The molecule has 1 fully saturated rings. The van der Waals surface area contributed by atoms with Crippen LogP contribution >= 0.6 is 0 Å². The van der Waals surface area contributed by atoms with Gasteiger partial charge in [-0.05, 0) is 37.6 Å². The zero-order valence-corrected chi connectivity index (χ0v) is 8.91. The zero-order chi connectivity index (χ0) is 10.9. The minimum absolute atomic E-state index is 0.190. The van der Waals surface area contributed by atoms with Gasteiger partial charge in [0.2, 0.25) is 0 Å². The lowest BCUT2D eigenvalue weighted by molar-refractivity contribution is 0.0673. The molecule has 0 unspecified atom stereocenters. The maximum absolute atomic E-state index is 14.5. The molecule has 1 heterocycles. The van der Waals surface area contributed by atoms with E-state index in [1.807, 2.05) is 7.05 Å². The van der Waals surface area contributed by atoms with E-state index in [0.29, 0.717) is 18.4 Å². The van der Waals surface area contributed by atoms with E-state index in [1.54, 1.807) is 24.3 Å². The number of rotatable bonds is 1. The molecule has 0 spiro atoms. The Morgan fingerprint density at radius 1 is 1.20 bits per heavy atom. The smallest absolute Gasteiger partial charge is 0.138 e. The highest BCUT2D eigenvalue weighted by molar-refractivity contribution is 5.30. The maximum atomic E-state index is 14.5. The molecule has 3 heteroatoms. The fourth-order valence-corrected chi connectivity index (χ4v) is 2.02. The first kappa shape index (κ1) is 10.4. The predicted octanol–water partition coefficient (Wildman–Crippen LogP) is 2.28. The number of phenols is 1. The molecular weight excluding hydrogens is 193 g/mol. The van der Waals surface area contributed by atoms with Crippen molar-refractivity contribution in [3.63, 3.8) is 0 Å². The van der Waals surface area contributed by atoms with Crippen molar-refractivity contribution >= 4 is 0 Å². The van der Waals surface area contributed by atoms with E-state index in [0.717, 1.165) is 13.1 Å². The Balaban J connectivity index is 2.18. The summed E-state index contributed by atoms with van der Waals surface area (Å²) >= 11 is 0. The van der Waals surface area contributed by atoms with Crippen LogP contribution in [0.1, 0.15) is 18.4 Å². The zero-order valence-electron chi connectivity index (χ0n) is 8.91. The van der Waals surface area contributed by atoms with Gasteiger partial charge in [-0.25, -0.2) is 4.39 Å². The van der Waals surface area contributed by atoms with Crippen molar-refractivity contribution in [1.82, 2.24) is 4.90 Å². The van der Waals surface area contributed by atoms with Gasteiger partial charge in [-0.2, -0.15) is 0 Å². The van der Waals surface area contributed by atoms with Crippen LogP contribution in [-0.2, 0) is 5.67 Å². The molecule has 1 aromatic rings. The third-order valence-electron chi connectivity index (χ3n) is 3.16. The summed E-state index contributed by atoms with van der Waals surface area (Å²) in [5.74, 6) is 0.190. The second kappa shape index (κ2) is 3.81. The molecule has 1 saturated heterocycles. The molecule has 1 aliphatic heterocycles. The van der Waals surface area contributed by atoms with E-state index < -0.39 is 5.67 Å². The molecule has 2 rings (SSSR count). The van der Waals surface area contributed by atoms with Gasteiger partial charge in [0.15, 0.2) is 0 Å². The minimum Gasteiger partial charge on any atom is -0.508 e. The number of hydrogen-bond acceptors (Lipinski definition) is 2. The Morgan fingerprint density at radius 3 is 2.27 bits per heavy atom. The first-order chi connectivity index (χ1) is 7.10. The molecule has 0 aromatic heterocycles. The molecule has 0 radical (unpaired) electrons. The maximum Gasteiger partial charge on any atom is 0.138 e. The van der Waals surface area contributed by atoms with Crippen molar-refractivity contribution in [2.24, 2.45) is 0 Å². The van der Waals surface area contributed by atoms with Gasteiger partial charge in [-0.15, -0.1) is 0 Å². The van der Waals surface area contributed by atoms with Crippen LogP contribution < -0.4 is 0 Å². The van der Waals surface area contributed by atoms with E-state index in [2.05, 4.69) is 4.90 Å². The Kier molecular flexibility index (Phi) is 2.65. The summed E-state index contributed by atoms with van der Waals surface area (Å²) in [6, 6.07) is 6.46. The summed E-state index contributed by atoms with van der Waals surface area (Å²) in [6.07, 6.45) is 1.07. The highest BCUT2D eigenvalue weighted by Crippen LogP contribution is 2.36. The fourth-order valence-electron chi connectivity index (χ4n) is 2.02. The van der Waals surface area contributed by atoms with Crippen molar-refractivity contribution in [3.8, 4) is 5.75 Å². The van der Waals surface area contributed by atoms with Gasteiger partial charge in [-0.1, -0.05) is 12.1 Å². The number of aromatic hydroxyl groups is 1. The average Bonchev–Trinajstić information content (AvgIpc) is 2.24. The number of benzene rings is 1. The number of piperidine rings is 1. The van der Waals surface area contributed by atoms with Crippen LogP contribution in [0.4, 0.5) is 4.39 Å². The molecule has 82 valence electrons. The fraction of sp³-hybridized carbons (Fsp3) is 0.500. The van der Waals surface area contributed by atoms with Crippen molar-refractivity contribution in [3.05, 3.63) is 29.8 Å². The number of halogens is 1. The predicted molar refractivity (Wildman–Crippen MR) is 57.6 cm³/mol. The molecule has 0 bridgehead atoms. The van der Waals surface area contributed by atoms with Gasteiger partial charge in [0.25, 0.3) is 0 Å². The summed E-state index contributed by atoms with van der Waals surface area (Å²) in [7, 11) is 2.01. The van der Waals surface area contributed by atoms with Gasteiger partial charge in [0.1, 0.15) is 11.4 Å². The Hall–Kier alpha value is -1.09. The molecule has 1 aliphatic rings. The van der Waals surface area contributed by atoms with E-state index in [1.165, 1.54) is 0 Å². The molecule has 0 aliphatic carbocycles. The molecular formula is C12H16FNO. The van der Waals surface area contributed by atoms with Crippen molar-refractivity contribution in [2.75, 3.05) is 20.1 Å². The molecule has 15 heavy (non-hydrogen) atoms. The summed E-state index contributed by atoms with van der Waals surface area (Å²) in [4.78, 5) is 2.14. The van der Waals surface area contributed by atoms with Gasteiger partial charge >= 0.3 is 0 Å². The Bertz CT molecular complexity index is 328. The summed E-state index contributed by atoms with van der Waals surface area (Å²) in [5, 5.41) is 9.15. The lowest BCUT2D eigenvalue weighted by Gasteiger charge is -2.34. The minimum atomic E-state index is -1.21. The summed E-state index contributed by atoms with van der Waals surface area (Å²) < 4.78 is 14.5. The highest BCUT2D eigenvalue weighted by atomic mass is 19.1. The van der Waals surface area contributed by atoms with Crippen molar-refractivity contribution in [1.29, 1.82) is 0 Å². The second-order valence-corrected chi connectivity index (χ2v) is 4.32. The summed E-state index contributed by atoms with van der Waals surface area (Å²) in [5.41, 5.74) is -0.520. The largest absolute Gasteiger partial charge is 0.508 e. The highest BCUT2D eigenvalue weighted by Gasteiger charge is 2.35. The third-order valence-corrected chi connectivity index (χ3v) is 3.16. The molecule has 2 nitrogen and oxygen atoms in total. The number of alkyl halides is 1. The molecule has 0 saturated carbocycles. The number of phenolic OH excluding ortho intramolecular Hbond substituents is 1. The van der Waals surface area contributed by atoms with Gasteiger partial charge < -0.3 is 10.0 Å². The average molecular weight is 209 g/mol. The molecule has 0 atom stereocenters. The second-order valence-electron chi connectivity index (χ2n) is 4.32. The summed E-state index contributed by atoms with van der Waals surface area (Å²) in [6.45, 7) is 1.58. The van der Waals surface area contributed by atoms with Crippen LogP contribution in [0.2, 0.25) is 0 Å². The van der Waals surface area contributed by atoms with Gasteiger partial charge in [0, 0.05) is 13.1 Å². The molecule has 1 aromatic carbocycles. The number of hydrogen-bond donors (Lipinski definition) is 1. The first-order valence-electron chi connectivity index (χ1n) is 5.27. The van der Waals surface area contributed by atoms with Crippen LogP contribution in [0.25, 0.3) is 0 Å². The van der Waals surface area contributed by atoms with Crippen molar-refractivity contribution in [2.45, 2.75) is 18.5 Å². The van der Waals surface area contributed by atoms with Crippen LogP contribution in [-0.4, -0.2) is 30.1 Å². The third kappa shape index (κ3) is 2.12. The molecule has 0 amide bonds. The van der Waals surface area contributed by atoms with Gasteiger partial charge in [-0.3, -0.25) is 0 Å². The first-order valence-corrected chi connectivity index (χ1v) is 5.27. The van der Waals surface area contributed by atoms with E-state index in [9.17, 15) is 4.39 Å². The van der Waals surface area contributed by atoms with Crippen molar-refractivity contribution < 1.29 is 9.50 Å². The lowest BCUT2D eigenvalue weighted by Crippen LogP contribution is -2.37. The van der Waals surface area contributed by atoms with Crippen LogP contribution in [0, 0.1) is 0 Å². The number of nitrogens with zero attached hydrogens (tertiary/aromatic N) is 1. The van der Waals surface area contributed by atoms with Crippen LogP contribution in [0.15, 0.2) is 24.3 Å². The Labute approximate surface area is 89.3 Å². The van der Waals surface area contributed by atoms with Gasteiger partial charge in [0.05, 0.1) is 0 Å².